The van der Waals surface area contributed by atoms with Crippen LogP contribution in [0.4, 0.5) is 5.69 Å². The van der Waals surface area contributed by atoms with Gasteiger partial charge in [-0.3, -0.25) is 0 Å². The summed E-state index contributed by atoms with van der Waals surface area (Å²) in [6.45, 7) is 5.94. The SMILES string of the molecule is C=CCSCCNS(=O)(=O)c1cc(N)ccc1CC. The molecule has 106 valence electrons. The van der Waals surface area contributed by atoms with Crippen molar-refractivity contribution in [3.8, 4) is 0 Å². The van der Waals surface area contributed by atoms with Crippen molar-refractivity contribution in [1.82, 2.24) is 4.72 Å². The topological polar surface area (TPSA) is 72.2 Å². The number of rotatable bonds is 8. The van der Waals surface area contributed by atoms with E-state index in [1.165, 1.54) is 6.07 Å². The molecule has 0 fully saturated rings. The van der Waals surface area contributed by atoms with Crippen LogP contribution in [0.2, 0.25) is 0 Å². The van der Waals surface area contributed by atoms with E-state index in [-0.39, 0.29) is 4.90 Å². The number of thioether (sulfide) groups is 1. The quantitative estimate of drug-likeness (QED) is 0.438. The lowest BCUT2D eigenvalue weighted by Crippen LogP contribution is -2.27. The standard InChI is InChI=1S/C13H20N2O2S2/c1-3-8-18-9-7-15-19(16,17)13-10-12(14)6-5-11(13)4-2/h3,5-6,10,15H,1,4,7-9,14H2,2H3. The molecule has 4 nitrogen and oxygen atoms in total. The summed E-state index contributed by atoms with van der Waals surface area (Å²) in [5.41, 5.74) is 6.90. The highest BCUT2D eigenvalue weighted by Crippen LogP contribution is 2.19. The molecule has 0 spiro atoms. The van der Waals surface area contributed by atoms with E-state index in [0.29, 0.717) is 18.7 Å². The summed E-state index contributed by atoms with van der Waals surface area (Å²) in [5, 5.41) is 0. The van der Waals surface area contributed by atoms with Crippen molar-refractivity contribution in [2.24, 2.45) is 0 Å². The lowest BCUT2D eigenvalue weighted by atomic mass is 10.1. The van der Waals surface area contributed by atoms with E-state index in [4.69, 9.17) is 5.73 Å². The maximum absolute atomic E-state index is 12.2. The van der Waals surface area contributed by atoms with Gasteiger partial charge in [-0.25, -0.2) is 13.1 Å². The molecule has 3 N–H and O–H groups in total. The zero-order chi connectivity index (χ0) is 14.3. The fraction of sp³-hybridized carbons (Fsp3) is 0.385. The van der Waals surface area contributed by atoms with Crippen molar-refractivity contribution in [3.63, 3.8) is 0 Å². The number of aryl methyl sites for hydroxylation is 1. The Morgan fingerprint density at radius 1 is 1.47 bits per heavy atom. The molecule has 1 rings (SSSR count). The third kappa shape index (κ3) is 4.89. The van der Waals surface area contributed by atoms with Crippen LogP contribution in [0.1, 0.15) is 12.5 Å². The second kappa shape index (κ2) is 7.57. The molecular weight excluding hydrogens is 280 g/mol. The molecule has 1 aromatic carbocycles. The molecule has 0 aliphatic heterocycles. The fourth-order valence-corrected chi connectivity index (χ4v) is 3.69. The van der Waals surface area contributed by atoms with Gasteiger partial charge >= 0.3 is 0 Å². The van der Waals surface area contributed by atoms with Crippen LogP contribution in [0.15, 0.2) is 35.7 Å². The molecule has 0 amide bonds. The molecule has 0 aliphatic rings. The van der Waals surface area contributed by atoms with Gasteiger partial charge in [0, 0.05) is 23.7 Å². The minimum atomic E-state index is -3.48. The highest BCUT2D eigenvalue weighted by atomic mass is 32.2. The molecule has 0 bridgehead atoms. The molecule has 0 unspecified atom stereocenters. The highest BCUT2D eigenvalue weighted by Gasteiger charge is 2.17. The Hall–Kier alpha value is -0.980. The number of benzene rings is 1. The number of nitrogens with two attached hydrogens (primary N) is 1. The van der Waals surface area contributed by atoms with Gasteiger partial charge in [-0.2, -0.15) is 11.8 Å². The van der Waals surface area contributed by atoms with Crippen LogP contribution >= 0.6 is 11.8 Å². The molecule has 0 atom stereocenters. The van der Waals surface area contributed by atoms with Crippen LogP contribution in [-0.4, -0.2) is 26.5 Å². The Kier molecular flexibility index (Phi) is 6.41. The van der Waals surface area contributed by atoms with Gasteiger partial charge in [-0.05, 0) is 24.1 Å². The molecule has 0 radical (unpaired) electrons. The van der Waals surface area contributed by atoms with Crippen LogP contribution in [0.5, 0.6) is 0 Å². The monoisotopic (exact) mass is 300 g/mol. The lowest BCUT2D eigenvalue weighted by Gasteiger charge is -2.11. The summed E-state index contributed by atoms with van der Waals surface area (Å²) in [5.74, 6) is 1.54. The van der Waals surface area contributed by atoms with Gasteiger partial charge in [0.1, 0.15) is 0 Å². The number of nitrogen functional groups attached to an aromatic ring is 1. The molecule has 0 heterocycles. The normalized spacial score (nSPS) is 11.4. The molecule has 6 heteroatoms. The van der Waals surface area contributed by atoms with E-state index in [1.54, 1.807) is 30.0 Å². The summed E-state index contributed by atoms with van der Waals surface area (Å²) >= 11 is 1.63. The van der Waals surface area contributed by atoms with E-state index in [2.05, 4.69) is 11.3 Å². The smallest absolute Gasteiger partial charge is 0.240 e. The van der Waals surface area contributed by atoms with Gasteiger partial charge in [-0.1, -0.05) is 19.1 Å². The largest absolute Gasteiger partial charge is 0.399 e. The summed E-state index contributed by atoms with van der Waals surface area (Å²) in [4.78, 5) is 0.281. The van der Waals surface area contributed by atoms with Crippen molar-refractivity contribution >= 4 is 27.5 Å². The molecular formula is C13H20N2O2S2. The Labute approximate surface area is 119 Å². The summed E-state index contributed by atoms with van der Waals surface area (Å²) in [6.07, 6.45) is 2.45. The predicted octanol–water partition coefficient (Wildman–Crippen LogP) is 2.03. The third-order valence-electron chi connectivity index (χ3n) is 2.54. The molecule has 0 saturated heterocycles. The van der Waals surface area contributed by atoms with Crippen LogP contribution < -0.4 is 10.5 Å². The highest BCUT2D eigenvalue weighted by molar-refractivity contribution is 7.99. The predicted molar refractivity (Wildman–Crippen MR) is 82.9 cm³/mol. The number of hydrogen-bond donors (Lipinski definition) is 2. The van der Waals surface area contributed by atoms with E-state index in [9.17, 15) is 8.42 Å². The summed E-state index contributed by atoms with van der Waals surface area (Å²) in [7, 11) is -3.48. The van der Waals surface area contributed by atoms with E-state index < -0.39 is 10.0 Å². The summed E-state index contributed by atoms with van der Waals surface area (Å²) in [6, 6.07) is 4.99. The van der Waals surface area contributed by atoms with E-state index in [1.807, 2.05) is 6.92 Å². The molecule has 0 aliphatic carbocycles. The first-order valence-corrected chi connectivity index (χ1v) is 8.71. The maximum atomic E-state index is 12.2. The molecule has 1 aromatic rings. The van der Waals surface area contributed by atoms with Crippen molar-refractivity contribution in [3.05, 3.63) is 36.4 Å². The Morgan fingerprint density at radius 3 is 2.84 bits per heavy atom. The summed E-state index contributed by atoms with van der Waals surface area (Å²) < 4.78 is 27.0. The van der Waals surface area contributed by atoms with Gasteiger partial charge in [-0.15, -0.1) is 6.58 Å². The van der Waals surface area contributed by atoms with E-state index in [0.717, 1.165) is 17.1 Å². The van der Waals surface area contributed by atoms with E-state index >= 15 is 0 Å². The minimum absolute atomic E-state index is 0.281. The van der Waals surface area contributed by atoms with Gasteiger partial charge in [0.05, 0.1) is 4.90 Å². The number of anilines is 1. The average molecular weight is 300 g/mol. The first kappa shape index (κ1) is 16.1. The number of sulfonamides is 1. The Bertz CT molecular complexity index is 527. The van der Waals surface area contributed by atoms with Crippen LogP contribution in [0.3, 0.4) is 0 Å². The second-order valence-corrected chi connectivity index (χ2v) is 6.87. The second-order valence-electron chi connectivity index (χ2n) is 3.98. The third-order valence-corrected chi connectivity index (χ3v) is 5.04. The zero-order valence-corrected chi connectivity index (χ0v) is 12.7. The van der Waals surface area contributed by atoms with Gasteiger partial charge in [0.15, 0.2) is 0 Å². The molecule has 0 saturated carbocycles. The lowest BCUT2D eigenvalue weighted by molar-refractivity contribution is 0.583. The first-order valence-electron chi connectivity index (χ1n) is 6.08. The van der Waals surface area contributed by atoms with Gasteiger partial charge < -0.3 is 5.73 Å². The van der Waals surface area contributed by atoms with Crippen LogP contribution in [-0.2, 0) is 16.4 Å². The van der Waals surface area contributed by atoms with Crippen molar-refractivity contribution in [1.29, 1.82) is 0 Å². The number of hydrogen-bond acceptors (Lipinski definition) is 4. The average Bonchev–Trinajstić information content (AvgIpc) is 2.38. The Morgan fingerprint density at radius 2 is 2.21 bits per heavy atom. The Balaban J connectivity index is 2.76. The van der Waals surface area contributed by atoms with Crippen molar-refractivity contribution in [2.45, 2.75) is 18.2 Å². The van der Waals surface area contributed by atoms with Crippen LogP contribution in [0.25, 0.3) is 0 Å². The molecule has 0 aromatic heterocycles. The minimum Gasteiger partial charge on any atom is -0.399 e. The molecule has 19 heavy (non-hydrogen) atoms. The zero-order valence-electron chi connectivity index (χ0n) is 11.1. The van der Waals surface area contributed by atoms with Crippen molar-refractivity contribution in [2.75, 3.05) is 23.8 Å². The first-order chi connectivity index (χ1) is 9.01. The van der Waals surface area contributed by atoms with Crippen LogP contribution in [0, 0.1) is 0 Å². The maximum Gasteiger partial charge on any atom is 0.240 e. The van der Waals surface area contributed by atoms with Crippen molar-refractivity contribution < 1.29 is 8.42 Å². The van der Waals surface area contributed by atoms with Gasteiger partial charge in [0.2, 0.25) is 10.0 Å². The number of nitrogens with one attached hydrogen (secondary N) is 1. The van der Waals surface area contributed by atoms with Gasteiger partial charge in [0.25, 0.3) is 0 Å². The fourth-order valence-electron chi connectivity index (χ4n) is 1.61.